The summed E-state index contributed by atoms with van der Waals surface area (Å²) >= 11 is 7.40. The molecule has 3 aromatic heterocycles. The van der Waals surface area contributed by atoms with Crippen molar-refractivity contribution < 1.29 is 9.53 Å². The molecule has 0 aliphatic heterocycles. The molecular formula is C22H18ClN5O3S. The van der Waals surface area contributed by atoms with Gasteiger partial charge in [0.05, 0.1) is 10.6 Å². The molecular weight excluding hydrogens is 450 g/mol. The number of rotatable bonds is 6. The fraction of sp³-hybridized carbons (Fsp3) is 0.182. The Hall–Kier alpha value is -3.43. The Morgan fingerprint density at radius 1 is 1.25 bits per heavy atom. The molecule has 0 unspecified atom stereocenters. The Balaban J connectivity index is 1.43. The second kappa shape index (κ2) is 8.60. The second-order valence-corrected chi connectivity index (χ2v) is 8.65. The third-order valence-corrected chi connectivity index (χ3v) is 6.21. The number of thiophene rings is 1. The summed E-state index contributed by atoms with van der Waals surface area (Å²) in [5.74, 6) is 0.816. The van der Waals surface area contributed by atoms with Gasteiger partial charge in [-0.25, -0.2) is 4.98 Å². The molecule has 2 N–H and O–H groups in total. The number of ether oxygens (including phenoxy) is 1. The molecule has 3 heterocycles. The molecule has 1 aliphatic carbocycles. The van der Waals surface area contributed by atoms with Crippen molar-refractivity contribution in [3.8, 4) is 22.3 Å². The van der Waals surface area contributed by atoms with Gasteiger partial charge in [-0.15, -0.1) is 11.3 Å². The molecule has 0 bridgehead atoms. The van der Waals surface area contributed by atoms with Crippen LogP contribution in [0.5, 0.6) is 5.75 Å². The standard InChI is InChI=1S/C22H18ClN5O3S/c23-13-6-8-14(9-7-13)31-12-20(29)25-19-11-17(18-5-2-10-32-18)27-28(19)22-24-16-4-1-3-15(16)21(30)26-22/h2,5-11H,1,3-4,12H2,(H,25,29)(H,24,26,30). The number of amides is 1. The quantitative estimate of drug-likeness (QED) is 0.448. The number of aryl methyl sites for hydroxylation is 1. The number of aromatic amines is 1. The summed E-state index contributed by atoms with van der Waals surface area (Å²) < 4.78 is 6.98. The molecule has 0 saturated heterocycles. The van der Waals surface area contributed by atoms with Crippen molar-refractivity contribution >= 4 is 34.7 Å². The van der Waals surface area contributed by atoms with Crippen LogP contribution in [-0.2, 0) is 17.6 Å². The molecule has 0 atom stereocenters. The van der Waals surface area contributed by atoms with E-state index >= 15 is 0 Å². The van der Waals surface area contributed by atoms with Gasteiger partial charge in [0.15, 0.2) is 6.61 Å². The lowest BCUT2D eigenvalue weighted by Gasteiger charge is -2.10. The number of nitrogens with one attached hydrogen (secondary N) is 2. The van der Waals surface area contributed by atoms with E-state index in [1.165, 1.54) is 16.0 Å². The van der Waals surface area contributed by atoms with Crippen molar-refractivity contribution in [2.45, 2.75) is 19.3 Å². The number of aromatic nitrogens is 4. The van der Waals surface area contributed by atoms with Crippen molar-refractivity contribution in [1.82, 2.24) is 19.7 Å². The predicted octanol–water partition coefficient (Wildman–Crippen LogP) is 3.84. The first-order chi connectivity index (χ1) is 15.6. The fourth-order valence-electron chi connectivity index (χ4n) is 3.56. The van der Waals surface area contributed by atoms with Crippen molar-refractivity contribution in [2.75, 3.05) is 11.9 Å². The molecule has 1 amide bonds. The summed E-state index contributed by atoms with van der Waals surface area (Å²) in [7, 11) is 0. The SMILES string of the molecule is O=C(COc1ccc(Cl)cc1)Nc1cc(-c2cccs2)nn1-c1nc2c(c(=O)[nH]1)CCC2. The lowest BCUT2D eigenvalue weighted by atomic mass is 10.3. The Kier molecular flexibility index (Phi) is 5.50. The van der Waals surface area contributed by atoms with Gasteiger partial charge in [-0.2, -0.15) is 9.78 Å². The molecule has 8 nitrogen and oxygen atoms in total. The number of fused-ring (bicyclic) bond motifs is 1. The fourth-order valence-corrected chi connectivity index (χ4v) is 4.37. The average molecular weight is 468 g/mol. The van der Waals surface area contributed by atoms with E-state index in [0.29, 0.717) is 22.3 Å². The van der Waals surface area contributed by atoms with Gasteiger partial charge in [0, 0.05) is 16.7 Å². The molecule has 0 saturated carbocycles. The van der Waals surface area contributed by atoms with Crippen molar-refractivity contribution in [3.05, 3.63) is 74.5 Å². The van der Waals surface area contributed by atoms with Gasteiger partial charge >= 0.3 is 0 Å². The number of hydrogen-bond acceptors (Lipinski definition) is 6. The summed E-state index contributed by atoms with van der Waals surface area (Å²) in [6.45, 7) is -0.199. The predicted molar refractivity (Wildman–Crippen MR) is 123 cm³/mol. The van der Waals surface area contributed by atoms with Crippen LogP contribution in [0.3, 0.4) is 0 Å². The van der Waals surface area contributed by atoms with Crippen LogP contribution in [0.1, 0.15) is 17.7 Å². The minimum Gasteiger partial charge on any atom is -0.484 e. The summed E-state index contributed by atoms with van der Waals surface area (Å²) in [5, 5.41) is 9.94. The highest BCUT2D eigenvalue weighted by atomic mass is 35.5. The van der Waals surface area contributed by atoms with Crippen LogP contribution in [0.15, 0.2) is 52.6 Å². The monoisotopic (exact) mass is 467 g/mol. The van der Waals surface area contributed by atoms with Crippen LogP contribution in [0.25, 0.3) is 16.5 Å². The molecule has 0 fully saturated rings. The second-order valence-electron chi connectivity index (χ2n) is 7.26. The van der Waals surface area contributed by atoms with Gasteiger partial charge in [0.2, 0.25) is 5.95 Å². The molecule has 0 radical (unpaired) electrons. The smallest absolute Gasteiger partial charge is 0.263 e. The van der Waals surface area contributed by atoms with Crippen LogP contribution >= 0.6 is 22.9 Å². The highest BCUT2D eigenvalue weighted by Crippen LogP contribution is 2.28. The zero-order valence-corrected chi connectivity index (χ0v) is 18.4. The number of carbonyl (C=O) groups is 1. The molecule has 1 aliphatic rings. The van der Waals surface area contributed by atoms with Crippen LogP contribution < -0.4 is 15.6 Å². The average Bonchev–Trinajstić information content (AvgIpc) is 3.53. The highest BCUT2D eigenvalue weighted by molar-refractivity contribution is 7.13. The number of halogens is 1. The van der Waals surface area contributed by atoms with Crippen molar-refractivity contribution in [3.63, 3.8) is 0 Å². The number of hydrogen-bond donors (Lipinski definition) is 2. The Morgan fingerprint density at radius 3 is 2.88 bits per heavy atom. The van der Waals surface area contributed by atoms with Gasteiger partial charge in [-0.1, -0.05) is 17.7 Å². The normalized spacial score (nSPS) is 12.5. The minimum atomic E-state index is -0.373. The number of nitrogens with zero attached hydrogens (tertiary/aromatic N) is 3. The number of benzene rings is 1. The van der Waals surface area contributed by atoms with Crippen LogP contribution in [0, 0.1) is 0 Å². The van der Waals surface area contributed by atoms with Crippen molar-refractivity contribution in [1.29, 1.82) is 0 Å². The first-order valence-electron chi connectivity index (χ1n) is 10.0. The molecule has 0 spiro atoms. The summed E-state index contributed by atoms with van der Waals surface area (Å²) in [5.41, 5.74) is 2.00. The van der Waals surface area contributed by atoms with E-state index in [9.17, 15) is 9.59 Å². The highest BCUT2D eigenvalue weighted by Gasteiger charge is 2.21. The van der Waals surface area contributed by atoms with E-state index in [1.54, 1.807) is 30.3 Å². The van der Waals surface area contributed by atoms with Crippen LogP contribution in [0.4, 0.5) is 5.82 Å². The third-order valence-electron chi connectivity index (χ3n) is 5.06. The first kappa shape index (κ1) is 20.5. The van der Waals surface area contributed by atoms with E-state index in [0.717, 1.165) is 35.4 Å². The largest absolute Gasteiger partial charge is 0.484 e. The molecule has 162 valence electrons. The minimum absolute atomic E-state index is 0.168. The number of carbonyl (C=O) groups excluding carboxylic acids is 1. The van der Waals surface area contributed by atoms with Crippen LogP contribution in [0.2, 0.25) is 5.02 Å². The Labute approximate surface area is 191 Å². The van der Waals surface area contributed by atoms with Crippen LogP contribution in [-0.4, -0.2) is 32.3 Å². The summed E-state index contributed by atoms with van der Waals surface area (Å²) in [4.78, 5) is 33.4. The van der Waals surface area contributed by atoms with Gasteiger partial charge < -0.3 is 10.1 Å². The third kappa shape index (κ3) is 4.17. The molecule has 1 aromatic carbocycles. The van der Waals surface area contributed by atoms with Gasteiger partial charge in [0.25, 0.3) is 11.5 Å². The van der Waals surface area contributed by atoms with E-state index in [1.807, 2.05) is 17.5 Å². The molecule has 10 heteroatoms. The summed E-state index contributed by atoms with van der Waals surface area (Å²) in [6.07, 6.45) is 2.38. The topological polar surface area (TPSA) is 102 Å². The van der Waals surface area contributed by atoms with E-state index in [2.05, 4.69) is 20.4 Å². The lowest BCUT2D eigenvalue weighted by Crippen LogP contribution is -2.24. The van der Waals surface area contributed by atoms with E-state index < -0.39 is 0 Å². The number of H-pyrrole nitrogens is 1. The number of anilines is 1. The Morgan fingerprint density at radius 2 is 2.09 bits per heavy atom. The lowest BCUT2D eigenvalue weighted by molar-refractivity contribution is -0.118. The van der Waals surface area contributed by atoms with E-state index in [4.69, 9.17) is 16.3 Å². The van der Waals surface area contributed by atoms with Gasteiger partial charge in [-0.05, 0) is 55.0 Å². The molecule has 32 heavy (non-hydrogen) atoms. The maximum Gasteiger partial charge on any atom is 0.263 e. The van der Waals surface area contributed by atoms with E-state index in [-0.39, 0.29) is 24.0 Å². The maximum absolute atomic E-state index is 12.6. The zero-order chi connectivity index (χ0) is 22.1. The molecule has 5 rings (SSSR count). The first-order valence-corrected chi connectivity index (χ1v) is 11.3. The van der Waals surface area contributed by atoms with Gasteiger partial charge in [-0.3, -0.25) is 14.6 Å². The Bertz CT molecular complexity index is 1330. The maximum atomic E-state index is 12.6. The van der Waals surface area contributed by atoms with Crippen molar-refractivity contribution in [2.24, 2.45) is 0 Å². The summed E-state index contributed by atoms with van der Waals surface area (Å²) in [6, 6.07) is 12.4. The molecule has 4 aromatic rings. The zero-order valence-electron chi connectivity index (χ0n) is 16.8. The van der Waals surface area contributed by atoms with Gasteiger partial charge in [0.1, 0.15) is 17.3 Å².